The zero-order valence-corrected chi connectivity index (χ0v) is 15.6. The molecule has 1 aromatic carbocycles. The molecule has 4 rings (SSSR count). The van der Waals surface area contributed by atoms with Crippen molar-refractivity contribution in [3.63, 3.8) is 0 Å². The van der Waals surface area contributed by atoms with E-state index in [1.54, 1.807) is 18.3 Å². The van der Waals surface area contributed by atoms with Crippen LogP contribution in [0.25, 0.3) is 11.0 Å². The molecule has 0 radical (unpaired) electrons. The molecular formula is C21H18ClFN4. The molecule has 0 bridgehead atoms. The van der Waals surface area contributed by atoms with Crippen LogP contribution in [0.4, 0.5) is 4.39 Å². The van der Waals surface area contributed by atoms with Crippen LogP contribution in [0.1, 0.15) is 28.1 Å². The van der Waals surface area contributed by atoms with Crippen LogP contribution in [0.15, 0.2) is 49.1 Å². The van der Waals surface area contributed by atoms with E-state index >= 15 is 0 Å². The van der Waals surface area contributed by atoms with E-state index in [1.807, 2.05) is 31.6 Å². The highest BCUT2D eigenvalue weighted by Crippen LogP contribution is 2.22. The number of pyridine rings is 1. The summed E-state index contributed by atoms with van der Waals surface area (Å²) in [5.41, 5.74) is 5.01. The largest absolute Gasteiger partial charge is 0.346 e. The lowest BCUT2D eigenvalue weighted by Crippen LogP contribution is -2.01. The Labute approximate surface area is 161 Å². The molecule has 27 heavy (non-hydrogen) atoms. The summed E-state index contributed by atoms with van der Waals surface area (Å²) in [6.45, 7) is 1.99. The van der Waals surface area contributed by atoms with Crippen LogP contribution in [-0.2, 0) is 19.3 Å². The average Bonchev–Trinajstić information content (AvgIpc) is 3.05. The number of rotatable bonds is 5. The van der Waals surface area contributed by atoms with Crippen molar-refractivity contribution in [1.29, 1.82) is 0 Å². The van der Waals surface area contributed by atoms with E-state index in [9.17, 15) is 4.39 Å². The standard InChI is InChI=1S/C21H18ClFN4/c1-13-2-4-18(23)7-15(13)3-5-20-24-9-14(10-25-20)6-16-11-26-21-19(16)8-17(22)12-27-21/h2,4,7-12H,3,5-6H2,1H3,(H,26,27). The van der Waals surface area contributed by atoms with Crippen molar-refractivity contribution >= 4 is 22.6 Å². The van der Waals surface area contributed by atoms with Crippen LogP contribution < -0.4 is 0 Å². The summed E-state index contributed by atoms with van der Waals surface area (Å²) in [4.78, 5) is 16.4. The van der Waals surface area contributed by atoms with Gasteiger partial charge in [0, 0.05) is 43.0 Å². The van der Waals surface area contributed by atoms with Crippen molar-refractivity contribution in [2.45, 2.75) is 26.2 Å². The van der Waals surface area contributed by atoms with Gasteiger partial charge in [0.05, 0.1) is 5.02 Å². The molecule has 3 heterocycles. The third-order valence-electron chi connectivity index (χ3n) is 4.67. The number of aromatic nitrogens is 4. The maximum atomic E-state index is 13.4. The Morgan fingerprint density at radius 1 is 1.00 bits per heavy atom. The second-order valence-electron chi connectivity index (χ2n) is 6.62. The molecule has 0 aliphatic carbocycles. The number of fused-ring (bicyclic) bond motifs is 1. The molecule has 0 fully saturated rings. The average molecular weight is 381 g/mol. The Hall–Kier alpha value is -2.79. The Morgan fingerprint density at radius 3 is 2.63 bits per heavy atom. The molecule has 4 aromatic rings. The van der Waals surface area contributed by atoms with Crippen LogP contribution in [-0.4, -0.2) is 19.9 Å². The first-order valence-corrected chi connectivity index (χ1v) is 9.12. The lowest BCUT2D eigenvalue weighted by atomic mass is 10.0. The van der Waals surface area contributed by atoms with Gasteiger partial charge in [0.2, 0.25) is 0 Å². The number of aromatic amines is 1. The summed E-state index contributed by atoms with van der Waals surface area (Å²) in [7, 11) is 0. The summed E-state index contributed by atoms with van der Waals surface area (Å²) in [5, 5.41) is 1.62. The lowest BCUT2D eigenvalue weighted by Gasteiger charge is -2.06. The summed E-state index contributed by atoms with van der Waals surface area (Å²) >= 11 is 6.05. The topological polar surface area (TPSA) is 54.5 Å². The number of aryl methyl sites for hydroxylation is 3. The van der Waals surface area contributed by atoms with Crippen LogP contribution >= 0.6 is 11.6 Å². The van der Waals surface area contributed by atoms with Crippen LogP contribution in [0.3, 0.4) is 0 Å². The molecule has 0 saturated heterocycles. The maximum Gasteiger partial charge on any atom is 0.137 e. The fraction of sp³-hybridized carbons (Fsp3) is 0.190. The van der Waals surface area contributed by atoms with Gasteiger partial charge in [-0.25, -0.2) is 19.3 Å². The normalized spacial score (nSPS) is 11.2. The second kappa shape index (κ2) is 7.45. The van der Waals surface area contributed by atoms with E-state index in [-0.39, 0.29) is 5.82 Å². The number of benzene rings is 1. The number of halogens is 2. The van der Waals surface area contributed by atoms with Gasteiger partial charge in [-0.3, -0.25) is 0 Å². The van der Waals surface area contributed by atoms with E-state index in [0.717, 1.165) is 45.5 Å². The quantitative estimate of drug-likeness (QED) is 0.539. The molecule has 0 aliphatic rings. The Kier molecular flexibility index (Phi) is 4.86. The van der Waals surface area contributed by atoms with Gasteiger partial charge in [-0.2, -0.15) is 0 Å². The van der Waals surface area contributed by atoms with Crippen molar-refractivity contribution in [1.82, 2.24) is 19.9 Å². The molecule has 4 nitrogen and oxygen atoms in total. The van der Waals surface area contributed by atoms with Gasteiger partial charge >= 0.3 is 0 Å². The van der Waals surface area contributed by atoms with Crippen LogP contribution in [0, 0.1) is 12.7 Å². The molecule has 0 aliphatic heterocycles. The molecule has 0 amide bonds. The van der Waals surface area contributed by atoms with E-state index in [0.29, 0.717) is 17.9 Å². The highest BCUT2D eigenvalue weighted by molar-refractivity contribution is 6.31. The summed E-state index contributed by atoms with van der Waals surface area (Å²) in [5.74, 6) is 0.547. The minimum Gasteiger partial charge on any atom is -0.346 e. The third kappa shape index (κ3) is 3.98. The van der Waals surface area contributed by atoms with Gasteiger partial charge in [0.25, 0.3) is 0 Å². The number of H-pyrrole nitrogens is 1. The Bertz CT molecular complexity index is 1090. The van der Waals surface area contributed by atoms with E-state index in [2.05, 4.69) is 19.9 Å². The van der Waals surface area contributed by atoms with Crippen molar-refractivity contribution in [3.8, 4) is 0 Å². The van der Waals surface area contributed by atoms with Crippen molar-refractivity contribution in [3.05, 3.63) is 88.0 Å². The first-order chi connectivity index (χ1) is 13.1. The summed E-state index contributed by atoms with van der Waals surface area (Å²) < 4.78 is 13.4. The number of hydrogen-bond donors (Lipinski definition) is 1. The van der Waals surface area contributed by atoms with E-state index in [1.165, 1.54) is 6.07 Å². The van der Waals surface area contributed by atoms with Crippen molar-refractivity contribution in [2.75, 3.05) is 0 Å². The van der Waals surface area contributed by atoms with Crippen LogP contribution in [0.5, 0.6) is 0 Å². The second-order valence-corrected chi connectivity index (χ2v) is 7.06. The zero-order valence-electron chi connectivity index (χ0n) is 14.8. The molecule has 0 spiro atoms. The highest BCUT2D eigenvalue weighted by Gasteiger charge is 2.08. The van der Waals surface area contributed by atoms with Crippen molar-refractivity contribution in [2.24, 2.45) is 0 Å². The zero-order chi connectivity index (χ0) is 18.8. The third-order valence-corrected chi connectivity index (χ3v) is 4.87. The molecule has 0 saturated carbocycles. The van der Waals surface area contributed by atoms with Crippen LogP contribution in [0.2, 0.25) is 5.02 Å². The lowest BCUT2D eigenvalue weighted by molar-refractivity contribution is 0.624. The molecule has 1 N–H and O–H groups in total. The minimum absolute atomic E-state index is 0.208. The maximum absolute atomic E-state index is 13.4. The fourth-order valence-corrected chi connectivity index (χ4v) is 3.31. The summed E-state index contributed by atoms with van der Waals surface area (Å²) in [6, 6.07) is 6.78. The first-order valence-electron chi connectivity index (χ1n) is 8.75. The number of hydrogen-bond acceptors (Lipinski definition) is 3. The van der Waals surface area contributed by atoms with E-state index in [4.69, 9.17) is 11.6 Å². The smallest absolute Gasteiger partial charge is 0.137 e. The fourth-order valence-electron chi connectivity index (χ4n) is 3.16. The van der Waals surface area contributed by atoms with Gasteiger partial charge in [-0.15, -0.1) is 0 Å². The molecule has 136 valence electrons. The minimum atomic E-state index is -0.208. The number of nitrogens with zero attached hydrogens (tertiary/aromatic N) is 3. The Morgan fingerprint density at radius 2 is 1.81 bits per heavy atom. The molecular weight excluding hydrogens is 363 g/mol. The Balaban J connectivity index is 1.45. The summed E-state index contributed by atoms with van der Waals surface area (Å²) in [6.07, 6.45) is 9.35. The molecule has 0 atom stereocenters. The van der Waals surface area contributed by atoms with Gasteiger partial charge in [0.1, 0.15) is 17.3 Å². The van der Waals surface area contributed by atoms with E-state index < -0.39 is 0 Å². The molecule has 3 aromatic heterocycles. The predicted molar refractivity (Wildman–Crippen MR) is 104 cm³/mol. The van der Waals surface area contributed by atoms with Gasteiger partial charge < -0.3 is 4.98 Å². The van der Waals surface area contributed by atoms with Gasteiger partial charge in [0.15, 0.2) is 0 Å². The van der Waals surface area contributed by atoms with Gasteiger partial charge in [-0.05, 0) is 53.8 Å². The van der Waals surface area contributed by atoms with Gasteiger partial charge in [-0.1, -0.05) is 17.7 Å². The SMILES string of the molecule is Cc1ccc(F)cc1CCc1ncc(Cc2c[nH]c3ncc(Cl)cc23)cn1. The predicted octanol–water partition coefficient (Wildman–Crippen LogP) is 4.83. The molecule has 6 heteroatoms. The highest BCUT2D eigenvalue weighted by atomic mass is 35.5. The van der Waals surface area contributed by atoms with Crippen molar-refractivity contribution < 1.29 is 4.39 Å². The molecule has 0 unspecified atom stereocenters. The monoisotopic (exact) mass is 380 g/mol. The number of nitrogens with one attached hydrogen (secondary N) is 1. The first kappa shape index (κ1) is 17.6.